The summed E-state index contributed by atoms with van der Waals surface area (Å²) in [6.07, 6.45) is 7.49. The molecule has 60 valence electrons. The molecule has 2 atom stereocenters. The first kappa shape index (κ1) is 8.02. The molecule has 2 heteroatoms. The van der Waals surface area contributed by atoms with Gasteiger partial charge in [0.1, 0.15) is 0 Å². The predicted octanol–water partition coefficient (Wildman–Crippen LogP) is 0.995. The first-order valence-corrected chi connectivity index (χ1v) is 4.32. The predicted molar refractivity (Wildman–Crippen MR) is 43.7 cm³/mol. The van der Waals surface area contributed by atoms with Gasteiger partial charge in [0.2, 0.25) is 0 Å². The minimum atomic E-state index is 0.264. The highest BCUT2D eigenvalue weighted by molar-refractivity contribution is 4.77. The smallest absolute Gasteiger partial charge is 0.0192 e. The van der Waals surface area contributed by atoms with Gasteiger partial charge >= 0.3 is 0 Å². The van der Waals surface area contributed by atoms with Crippen molar-refractivity contribution < 1.29 is 0 Å². The van der Waals surface area contributed by atoms with E-state index < -0.39 is 0 Å². The minimum Gasteiger partial charge on any atom is -0.326 e. The zero-order chi connectivity index (χ0) is 7.40. The molecule has 1 aliphatic rings. The van der Waals surface area contributed by atoms with E-state index >= 15 is 0 Å². The van der Waals surface area contributed by atoms with Crippen molar-refractivity contribution in [1.29, 1.82) is 0 Å². The second kappa shape index (κ2) is 3.94. The van der Waals surface area contributed by atoms with Crippen LogP contribution in [0, 0.1) is 0 Å². The fourth-order valence-electron chi connectivity index (χ4n) is 1.54. The molecule has 0 aromatic rings. The summed E-state index contributed by atoms with van der Waals surface area (Å²) in [5, 5.41) is 0. The highest BCUT2D eigenvalue weighted by Crippen LogP contribution is 2.14. The summed E-state index contributed by atoms with van der Waals surface area (Å²) in [6.45, 7) is 0. The SMILES string of the molecule is N[C@@H]1CCCCCC[C@H]1N. The Morgan fingerprint density at radius 2 is 1.10 bits per heavy atom. The molecule has 0 aliphatic heterocycles. The van der Waals surface area contributed by atoms with Crippen LogP contribution in [-0.2, 0) is 0 Å². The van der Waals surface area contributed by atoms with Gasteiger partial charge in [-0.1, -0.05) is 25.7 Å². The molecular formula is C8H18N2. The second-order valence-electron chi connectivity index (χ2n) is 3.32. The van der Waals surface area contributed by atoms with Crippen molar-refractivity contribution in [2.45, 2.75) is 50.6 Å². The number of rotatable bonds is 0. The lowest BCUT2D eigenvalue weighted by atomic mass is 9.94. The molecule has 0 unspecified atom stereocenters. The third-order valence-electron chi connectivity index (χ3n) is 2.37. The van der Waals surface area contributed by atoms with Crippen LogP contribution in [0.4, 0.5) is 0 Å². The molecule has 0 aromatic heterocycles. The summed E-state index contributed by atoms with van der Waals surface area (Å²) >= 11 is 0. The van der Waals surface area contributed by atoms with Crippen LogP contribution in [0.5, 0.6) is 0 Å². The van der Waals surface area contributed by atoms with E-state index in [0.29, 0.717) is 0 Å². The Morgan fingerprint density at radius 3 is 1.50 bits per heavy atom. The van der Waals surface area contributed by atoms with E-state index in [2.05, 4.69) is 0 Å². The maximum atomic E-state index is 5.82. The molecule has 1 saturated carbocycles. The van der Waals surface area contributed by atoms with Gasteiger partial charge in [0.25, 0.3) is 0 Å². The molecule has 1 rings (SSSR count). The van der Waals surface area contributed by atoms with Gasteiger partial charge < -0.3 is 11.5 Å². The van der Waals surface area contributed by atoms with Crippen LogP contribution >= 0.6 is 0 Å². The largest absolute Gasteiger partial charge is 0.326 e. The molecule has 0 radical (unpaired) electrons. The van der Waals surface area contributed by atoms with Gasteiger partial charge in [-0.2, -0.15) is 0 Å². The van der Waals surface area contributed by atoms with Crippen molar-refractivity contribution in [1.82, 2.24) is 0 Å². The van der Waals surface area contributed by atoms with Gasteiger partial charge in [-0.15, -0.1) is 0 Å². The van der Waals surface area contributed by atoms with Crippen LogP contribution < -0.4 is 11.5 Å². The summed E-state index contributed by atoms with van der Waals surface area (Å²) < 4.78 is 0. The van der Waals surface area contributed by atoms with E-state index in [1.807, 2.05) is 0 Å². The molecule has 0 amide bonds. The zero-order valence-electron chi connectivity index (χ0n) is 6.55. The zero-order valence-corrected chi connectivity index (χ0v) is 6.55. The van der Waals surface area contributed by atoms with Crippen LogP contribution in [0.3, 0.4) is 0 Å². The third kappa shape index (κ3) is 2.27. The lowest BCUT2D eigenvalue weighted by Crippen LogP contribution is -2.41. The Morgan fingerprint density at radius 1 is 0.700 bits per heavy atom. The summed E-state index contributed by atoms with van der Waals surface area (Å²) in [4.78, 5) is 0. The van der Waals surface area contributed by atoms with Gasteiger partial charge in [0.15, 0.2) is 0 Å². The van der Waals surface area contributed by atoms with Gasteiger partial charge in [0.05, 0.1) is 0 Å². The molecule has 0 spiro atoms. The van der Waals surface area contributed by atoms with Crippen LogP contribution in [0.2, 0.25) is 0 Å². The minimum absolute atomic E-state index is 0.264. The standard InChI is InChI=1S/C8H18N2/c9-7-5-3-1-2-4-6-8(7)10/h7-8H,1-6,9-10H2/t7-,8-/m1/s1. The fraction of sp³-hybridized carbons (Fsp3) is 1.00. The Labute approximate surface area is 63.0 Å². The number of hydrogen-bond acceptors (Lipinski definition) is 2. The van der Waals surface area contributed by atoms with Crippen LogP contribution in [0.1, 0.15) is 38.5 Å². The van der Waals surface area contributed by atoms with E-state index in [9.17, 15) is 0 Å². The van der Waals surface area contributed by atoms with Crippen molar-refractivity contribution >= 4 is 0 Å². The van der Waals surface area contributed by atoms with Crippen molar-refractivity contribution in [3.63, 3.8) is 0 Å². The van der Waals surface area contributed by atoms with Gasteiger partial charge in [-0.3, -0.25) is 0 Å². The summed E-state index contributed by atoms with van der Waals surface area (Å²) in [6, 6.07) is 0.528. The highest BCUT2D eigenvalue weighted by atomic mass is 14.8. The van der Waals surface area contributed by atoms with Crippen LogP contribution in [0.15, 0.2) is 0 Å². The Balaban J connectivity index is 2.28. The first-order valence-electron chi connectivity index (χ1n) is 4.32. The molecular weight excluding hydrogens is 124 g/mol. The van der Waals surface area contributed by atoms with Crippen molar-refractivity contribution in [3.8, 4) is 0 Å². The van der Waals surface area contributed by atoms with Gasteiger partial charge in [0, 0.05) is 12.1 Å². The summed E-state index contributed by atoms with van der Waals surface area (Å²) in [7, 11) is 0. The summed E-state index contributed by atoms with van der Waals surface area (Å²) in [5.41, 5.74) is 11.6. The first-order chi connectivity index (χ1) is 4.80. The van der Waals surface area contributed by atoms with E-state index in [-0.39, 0.29) is 12.1 Å². The normalized spacial score (nSPS) is 36.6. The third-order valence-corrected chi connectivity index (χ3v) is 2.37. The maximum absolute atomic E-state index is 5.82. The van der Waals surface area contributed by atoms with Gasteiger partial charge in [-0.05, 0) is 12.8 Å². The average molecular weight is 142 g/mol. The molecule has 4 N–H and O–H groups in total. The molecule has 1 fully saturated rings. The molecule has 0 saturated heterocycles. The molecule has 0 heterocycles. The van der Waals surface area contributed by atoms with Crippen LogP contribution in [-0.4, -0.2) is 12.1 Å². The monoisotopic (exact) mass is 142 g/mol. The molecule has 0 bridgehead atoms. The maximum Gasteiger partial charge on any atom is 0.0192 e. The van der Waals surface area contributed by atoms with E-state index in [1.54, 1.807) is 0 Å². The van der Waals surface area contributed by atoms with Crippen LogP contribution in [0.25, 0.3) is 0 Å². The number of hydrogen-bond donors (Lipinski definition) is 2. The molecule has 2 nitrogen and oxygen atoms in total. The topological polar surface area (TPSA) is 52.0 Å². The van der Waals surface area contributed by atoms with E-state index in [0.717, 1.165) is 12.8 Å². The highest BCUT2D eigenvalue weighted by Gasteiger charge is 2.14. The van der Waals surface area contributed by atoms with Crippen molar-refractivity contribution in [3.05, 3.63) is 0 Å². The average Bonchev–Trinajstić information content (AvgIpc) is 1.92. The van der Waals surface area contributed by atoms with E-state index in [4.69, 9.17) is 11.5 Å². The van der Waals surface area contributed by atoms with Crippen molar-refractivity contribution in [2.75, 3.05) is 0 Å². The Bertz CT molecular complexity index is 81.3. The lowest BCUT2D eigenvalue weighted by molar-refractivity contribution is 0.403. The second-order valence-corrected chi connectivity index (χ2v) is 3.32. The quantitative estimate of drug-likeness (QED) is 0.530. The Kier molecular flexibility index (Phi) is 3.16. The van der Waals surface area contributed by atoms with Gasteiger partial charge in [-0.25, -0.2) is 0 Å². The fourth-order valence-corrected chi connectivity index (χ4v) is 1.54. The number of nitrogens with two attached hydrogens (primary N) is 2. The molecule has 1 aliphatic carbocycles. The van der Waals surface area contributed by atoms with E-state index in [1.165, 1.54) is 25.7 Å². The Hall–Kier alpha value is -0.0800. The lowest BCUT2D eigenvalue weighted by Gasteiger charge is -2.22. The molecule has 10 heavy (non-hydrogen) atoms. The molecule has 0 aromatic carbocycles. The summed E-state index contributed by atoms with van der Waals surface area (Å²) in [5.74, 6) is 0. The van der Waals surface area contributed by atoms with Crippen molar-refractivity contribution in [2.24, 2.45) is 11.5 Å².